The van der Waals surface area contributed by atoms with Gasteiger partial charge in [-0.05, 0) is 62.5 Å². The number of esters is 1. The number of fused-ring (bicyclic) bond motifs is 1. The number of carbonyl (C=O) groups is 2. The predicted octanol–water partition coefficient (Wildman–Crippen LogP) is 5.41. The molecule has 2 aromatic heterocycles. The molecule has 0 aliphatic rings. The van der Waals surface area contributed by atoms with Crippen LogP contribution in [0.15, 0.2) is 73.1 Å². The Balaban J connectivity index is 1.84. The van der Waals surface area contributed by atoms with E-state index in [2.05, 4.69) is 6.07 Å². The molecule has 0 aliphatic carbocycles. The molecular weight excluding hydrogens is 518 g/mol. The van der Waals surface area contributed by atoms with E-state index < -0.39 is 12.2 Å². The van der Waals surface area contributed by atoms with Gasteiger partial charge in [-0.15, -0.1) is 0 Å². The third-order valence-electron chi connectivity index (χ3n) is 6.61. The molecule has 0 saturated heterocycles. The first-order chi connectivity index (χ1) is 19.6. The highest BCUT2D eigenvalue weighted by Gasteiger charge is 2.19. The first-order valence-corrected chi connectivity index (χ1v) is 13.1. The molecule has 2 aromatic carbocycles. The molecule has 0 saturated carbocycles. The molecule has 41 heavy (non-hydrogen) atoms. The van der Waals surface area contributed by atoms with Crippen LogP contribution in [0.2, 0.25) is 0 Å². The van der Waals surface area contributed by atoms with Crippen molar-refractivity contribution < 1.29 is 19.1 Å². The lowest BCUT2D eigenvalue weighted by molar-refractivity contribution is -0.149. The maximum atomic E-state index is 12.8. The van der Waals surface area contributed by atoms with Crippen LogP contribution in [0.1, 0.15) is 25.6 Å². The number of nitriles is 1. The minimum Gasteiger partial charge on any atom is -0.497 e. The third kappa shape index (κ3) is 6.62. The van der Waals surface area contributed by atoms with Gasteiger partial charge in [0.05, 0.1) is 18.7 Å². The Labute approximate surface area is 239 Å². The second-order valence-electron chi connectivity index (χ2n) is 9.93. The van der Waals surface area contributed by atoms with Gasteiger partial charge in [0.1, 0.15) is 11.4 Å². The van der Waals surface area contributed by atoms with Crippen molar-refractivity contribution >= 4 is 28.6 Å². The Morgan fingerprint density at radius 1 is 1.10 bits per heavy atom. The Bertz CT molecular complexity index is 1660. The number of hydrogen-bond donors (Lipinski definition) is 0. The van der Waals surface area contributed by atoms with Crippen LogP contribution in [0.4, 0.5) is 5.69 Å². The molecular formula is C32H33N5O4. The van der Waals surface area contributed by atoms with Crippen molar-refractivity contribution in [1.29, 1.82) is 5.26 Å². The van der Waals surface area contributed by atoms with Gasteiger partial charge >= 0.3 is 5.97 Å². The van der Waals surface area contributed by atoms with E-state index in [0.717, 1.165) is 27.6 Å². The summed E-state index contributed by atoms with van der Waals surface area (Å²) in [7, 11) is 7.18. The van der Waals surface area contributed by atoms with Crippen LogP contribution in [0.25, 0.3) is 33.3 Å². The molecule has 2 heterocycles. The number of likely N-dealkylation sites (N-methyl/N-ethyl adjacent to an activating group) is 2. The van der Waals surface area contributed by atoms with E-state index >= 15 is 0 Å². The molecule has 210 valence electrons. The van der Waals surface area contributed by atoms with Gasteiger partial charge < -0.3 is 19.3 Å². The molecule has 1 amide bonds. The fraction of sp³-hybridized carbons (Fsp3) is 0.250. The smallest absolute Gasteiger partial charge is 0.304 e. The van der Waals surface area contributed by atoms with Gasteiger partial charge in [0.15, 0.2) is 6.23 Å². The van der Waals surface area contributed by atoms with E-state index in [1.54, 1.807) is 48.9 Å². The molecule has 4 aromatic rings. The summed E-state index contributed by atoms with van der Waals surface area (Å²) in [6.07, 6.45) is 6.41. The lowest BCUT2D eigenvalue weighted by Gasteiger charge is -2.18. The lowest BCUT2D eigenvalue weighted by Crippen LogP contribution is -2.24. The van der Waals surface area contributed by atoms with Crippen LogP contribution in [0, 0.1) is 11.3 Å². The number of carbonyl (C=O) groups excluding carboxylic acids is 2. The quantitative estimate of drug-likeness (QED) is 0.202. The van der Waals surface area contributed by atoms with Crippen LogP contribution in [-0.2, 0) is 14.3 Å². The number of hydrogen-bond acceptors (Lipinski definition) is 7. The highest BCUT2D eigenvalue weighted by Crippen LogP contribution is 2.36. The van der Waals surface area contributed by atoms with Crippen molar-refractivity contribution in [3.05, 3.63) is 78.6 Å². The number of pyridine rings is 1. The maximum absolute atomic E-state index is 12.8. The highest BCUT2D eigenvalue weighted by atomic mass is 16.6. The zero-order valence-electron chi connectivity index (χ0n) is 24.1. The zero-order chi connectivity index (χ0) is 29.7. The number of anilines is 1. The Morgan fingerprint density at radius 2 is 1.88 bits per heavy atom. The topological polar surface area (TPSA) is 101 Å². The van der Waals surface area contributed by atoms with Gasteiger partial charge in [-0.25, -0.2) is 4.98 Å². The van der Waals surface area contributed by atoms with Crippen LogP contribution in [0.5, 0.6) is 5.75 Å². The van der Waals surface area contributed by atoms with Crippen molar-refractivity contribution in [3.63, 3.8) is 0 Å². The predicted molar refractivity (Wildman–Crippen MR) is 159 cm³/mol. The van der Waals surface area contributed by atoms with Gasteiger partial charge in [-0.3, -0.25) is 14.2 Å². The Hall–Kier alpha value is -4.94. The normalized spacial score (nSPS) is 12.0. The van der Waals surface area contributed by atoms with E-state index in [0.29, 0.717) is 29.2 Å². The second-order valence-corrected chi connectivity index (χ2v) is 9.93. The summed E-state index contributed by atoms with van der Waals surface area (Å²) in [6.45, 7) is 3.80. The summed E-state index contributed by atoms with van der Waals surface area (Å²) in [4.78, 5) is 32.9. The molecule has 0 N–H and O–H groups in total. The zero-order valence-corrected chi connectivity index (χ0v) is 24.1. The van der Waals surface area contributed by atoms with Crippen molar-refractivity contribution in [2.75, 3.05) is 39.7 Å². The van der Waals surface area contributed by atoms with Gasteiger partial charge in [0, 0.05) is 67.3 Å². The van der Waals surface area contributed by atoms with E-state index in [9.17, 15) is 14.9 Å². The van der Waals surface area contributed by atoms with Crippen molar-refractivity contribution in [3.8, 4) is 34.1 Å². The monoisotopic (exact) mass is 551 g/mol. The van der Waals surface area contributed by atoms with E-state index in [1.165, 1.54) is 6.92 Å². The van der Waals surface area contributed by atoms with Crippen molar-refractivity contribution in [1.82, 2.24) is 14.5 Å². The summed E-state index contributed by atoms with van der Waals surface area (Å²) in [5.74, 6) is 0.0384. The Morgan fingerprint density at radius 3 is 2.56 bits per heavy atom. The molecule has 0 radical (unpaired) electrons. The second kappa shape index (κ2) is 12.5. The van der Waals surface area contributed by atoms with E-state index in [-0.39, 0.29) is 5.91 Å². The van der Waals surface area contributed by atoms with Crippen LogP contribution >= 0.6 is 0 Å². The first-order valence-electron chi connectivity index (χ1n) is 13.1. The molecule has 0 fully saturated rings. The average Bonchev–Trinajstić information content (AvgIpc) is 3.35. The number of methoxy groups -OCH3 is 1. The minimum atomic E-state index is -0.593. The SMILES string of the molecule is COc1cc(-c2cnc3c(c2)c(-c2cccc(C#N)c2)cn3C(C)OC(C)=O)cc(N(C)C(=O)/C=C/CN(C)C)c1. The standard InChI is InChI=1S/C32H33N5O4/c1-21(41-22(2)38)37-20-30(24-10-7-9-23(13-24)18-33)29-16-26(19-34-32(29)37)25-14-27(17-28(15-25)40-6)36(5)31(39)11-8-12-35(3)4/h7-11,13-17,19-21H,12H2,1-6H3/b11-8+. The maximum Gasteiger partial charge on any atom is 0.304 e. The third-order valence-corrected chi connectivity index (χ3v) is 6.61. The molecule has 0 aliphatic heterocycles. The van der Waals surface area contributed by atoms with E-state index in [4.69, 9.17) is 14.5 Å². The fourth-order valence-electron chi connectivity index (χ4n) is 4.51. The number of nitrogens with zero attached hydrogens (tertiary/aromatic N) is 5. The largest absolute Gasteiger partial charge is 0.497 e. The molecule has 1 atom stereocenters. The summed E-state index contributed by atoms with van der Waals surface area (Å²) in [6, 6.07) is 17.1. The van der Waals surface area contributed by atoms with Gasteiger partial charge in [-0.2, -0.15) is 5.26 Å². The first kappa shape index (κ1) is 29.1. The van der Waals surface area contributed by atoms with Crippen LogP contribution in [-0.4, -0.2) is 61.1 Å². The summed E-state index contributed by atoms with van der Waals surface area (Å²) < 4.78 is 12.8. The molecule has 0 bridgehead atoms. The molecule has 0 spiro atoms. The average molecular weight is 552 g/mol. The number of amides is 1. The number of ether oxygens (including phenoxy) is 2. The number of benzene rings is 2. The summed E-state index contributed by atoms with van der Waals surface area (Å²) >= 11 is 0. The molecule has 9 nitrogen and oxygen atoms in total. The lowest BCUT2D eigenvalue weighted by atomic mass is 10.0. The van der Waals surface area contributed by atoms with Crippen molar-refractivity contribution in [2.24, 2.45) is 0 Å². The van der Waals surface area contributed by atoms with E-state index in [1.807, 2.05) is 73.7 Å². The van der Waals surface area contributed by atoms with Gasteiger partial charge in [0.2, 0.25) is 5.91 Å². The van der Waals surface area contributed by atoms with Gasteiger partial charge in [-0.1, -0.05) is 18.2 Å². The van der Waals surface area contributed by atoms with Crippen LogP contribution in [0.3, 0.4) is 0 Å². The Kier molecular flexibility index (Phi) is 8.85. The summed E-state index contributed by atoms with van der Waals surface area (Å²) in [5.41, 5.74) is 5.11. The fourth-order valence-corrected chi connectivity index (χ4v) is 4.51. The number of aromatic nitrogens is 2. The molecule has 1 unspecified atom stereocenters. The number of rotatable bonds is 9. The van der Waals surface area contributed by atoms with Gasteiger partial charge in [0.25, 0.3) is 0 Å². The molecule has 9 heteroatoms. The molecule has 4 rings (SSSR count). The highest BCUT2D eigenvalue weighted by molar-refractivity contribution is 6.02. The van der Waals surface area contributed by atoms with Crippen molar-refractivity contribution in [2.45, 2.75) is 20.1 Å². The minimum absolute atomic E-state index is 0.157. The van der Waals surface area contributed by atoms with Crippen LogP contribution < -0.4 is 9.64 Å². The summed E-state index contributed by atoms with van der Waals surface area (Å²) in [5, 5.41) is 10.3.